The van der Waals surface area contributed by atoms with E-state index in [-0.39, 0.29) is 11.9 Å². The minimum atomic E-state index is -0.438. The minimum absolute atomic E-state index is 0.0623. The van der Waals surface area contributed by atoms with Crippen LogP contribution in [0.1, 0.15) is 36.9 Å². The molecule has 1 aliphatic rings. The highest BCUT2D eigenvalue weighted by molar-refractivity contribution is 5.81. The number of carbonyl (C=O) groups is 1. The molecule has 122 valence electrons. The highest BCUT2D eigenvalue weighted by atomic mass is 16.5. The van der Waals surface area contributed by atoms with Gasteiger partial charge < -0.3 is 9.64 Å². The molecule has 23 heavy (non-hydrogen) atoms. The lowest BCUT2D eigenvalue weighted by Gasteiger charge is -2.27. The molecule has 1 aliphatic heterocycles. The molecule has 0 spiro atoms. The molecule has 1 amide bonds. The predicted molar refractivity (Wildman–Crippen MR) is 87.6 cm³/mol. The van der Waals surface area contributed by atoms with Gasteiger partial charge in [-0.05, 0) is 25.3 Å². The van der Waals surface area contributed by atoms with E-state index in [1.807, 2.05) is 61.6 Å². The maximum atomic E-state index is 12.7. The van der Waals surface area contributed by atoms with Crippen LogP contribution in [-0.4, -0.2) is 33.2 Å². The van der Waals surface area contributed by atoms with Crippen LogP contribution in [0.2, 0.25) is 0 Å². The Morgan fingerprint density at radius 3 is 2.87 bits per heavy atom. The molecule has 0 saturated carbocycles. The number of rotatable bonds is 5. The van der Waals surface area contributed by atoms with E-state index in [9.17, 15) is 4.79 Å². The van der Waals surface area contributed by atoms with Crippen LogP contribution in [0.3, 0.4) is 0 Å². The van der Waals surface area contributed by atoms with E-state index in [2.05, 4.69) is 5.10 Å². The van der Waals surface area contributed by atoms with Gasteiger partial charge in [-0.3, -0.25) is 9.48 Å². The van der Waals surface area contributed by atoms with Crippen molar-refractivity contribution in [2.24, 2.45) is 7.05 Å². The van der Waals surface area contributed by atoms with Crippen molar-refractivity contribution in [2.75, 3.05) is 6.54 Å². The van der Waals surface area contributed by atoms with E-state index in [1.165, 1.54) is 0 Å². The summed E-state index contributed by atoms with van der Waals surface area (Å²) in [5.41, 5.74) is 2.19. The highest BCUT2D eigenvalue weighted by Crippen LogP contribution is 2.32. The van der Waals surface area contributed by atoms with Crippen molar-refractivity contribution < 1.29 is 9.53 Å². The maximum Gasteiger partial charge on any atom is 0.251 e. The second-order valence-corrected chi connectivity index (χ2v) is 6.08. The topological polar surface area (TPSA) is 47.4 Å². The molecule has 0 aliphatic carbocycles. The number of nitrogens with zero attached hydrogens (tertiary/aromatic N) is 3. The molecule has 3 rings (SSSR count). The molecule has 0 N–H and O–H groups in total. The number of hydrogen-bond acceptors (Lipinski definition) is 3. The Balaban J connectivity index is 1.62. The van der Waals surface area contributed by atoms with Gasteiger partial charge >= 0.3 is 0 Å². The van der Waals surface area contributed by atoms with Crippen LogP contribution in [0, 0.1) is 0 Å². The SMILES string of the molecule is C[C@@H](OCc1ccccc1)C(=O)N1CCC[C@@H]1c1cnn(C)c1. The zero-order chi connectivity index (χ0) is 16.2. The molecule has 1 fully saturated rings. The summed E-state index contributed by atoms with van der Waals surface area (Å²) in [7, 11) is 1.90. The molecular formula is C18H23N3O2. The molecule has 1 aromatic carbocycles. The van der Waals surface area contributed by atoms with Gasteiger partial charge in [-0.25, -0.2) is 0 Å². The van der Waals surface area contributed by atoms with E-state index < -0.39 is 6.10 Å². The molecule has 1 aromatic heterocycles. The maximum absolute atomic E-state index is 12.7. The third kappa shape index (κ3) is 3.62. The number of aromatic nitrogens is 2. The molecule has 2 atom stereocenters. The largest absolute Gasteiger partial charge is 0.364 e. The third-order valence-corrected chi connectivity index (χ3v) is 4.34. The van der Waals surface area contributed by atoms with Crippen LogP contribution in [0.5, 0.6) is 0 Å². The lowest BCUT2D eigenvalue weighted by molar-refractivity contribution is -0.144. The fourth-order valence-electron chi connectivity index (χ4n) is 3.09. The van der Waals surface area contributed by atoms with Gasteiger partial charge in [0.15, 0.2) is 0 Å². The van der Waals surface area contributed by atoms with Crippen molar-refractivity contribution in [2.45, 2.75) is 38.5 Å². The molecule has 0 unspecified atom stereocenters. The summed E-state index contributed by atoms with van der Waals surface area (Å²) < 4.78 is 7.56. The molecule has 0 radical (unpaired) electrons. The number of aryl methyl sites for hydroxylation is 1. The minimum Gasteiger partial charge on any atom is -0.364 e. The van der Waals surface area contributed by atoms with Crippen molar-refractivity contribution in [1.82, 2.24) is 14.7 Å². The van der Waals surface area contributed by atoms with E-state index >= 15 is 0 Å². The summed E-state index contributed by atoms with van der Waals surface area (Å²) in [6.45, 7) is 3.08. The first-order valence-corrected chi connectivity index (χ1v) is 8.09. The quantitative estimate of drug-likeness (QED) is 0.852. The Kier molecular flexibility index (Phi) is 4.76. The van der Waals surface area contributed by atoms with Gasteiger partial charge in [0.1, 0.15) is 6.10 Å². The zero-order valence-corrected chi connectivity index (χ0v) is 13.7. The fourth-order valence-corrected chi connectivity index (χ4v) is 3.09. The lowest BCUT2D eigenvalue weighted by atomic mass is 10.1. The Bertz CT molecular complexity index is 653. The van der Waals surface area contributed by atoms with Gasteiger partial charge in [0.05, 0.1) is 18.8 Å². The van der Waals surface area contributed by atoms with E-state index in [0.717, 1.165) is 30.5 Å². The second-order valence-electron chi connectivity index (χ2n) is 6.08. The summed E-state index contributed by atoms with van der Waals surface area (Å²) in [5.74, 6) is 0.0623. The second kappa shape index (κ2) is 6.96. The highest BCUT2D eigenvalue weighted by Gasteiger charge is 2.33. The van der Waals surface area contributed by atoms with Crippen molar-refractivity contribution in [3.63, 3.8) is 0 Å². The van der Waals surface area contributed by atoms with Gasteiger partial charge in [-0.15, -0.1) is 0 Å². The summed E-state index contributed by atoms with van der Waals surface area (Å²) in [4.78, 5) is 14.7. The van der Waals surface area contributed by atoms with Crippen LogP contribution < -0.4 is 0 Å². The first-order valence-electron chi connectivity index (χ1n) is 8.09. The molecule has 2 aromatic rings. The summed E-state index contributed by atoms with van der Waals surface area (Å²) in [6, 6.07) is 10.1. The summed E-state index contributed by atoms with van der Waals surface area (Å²) in [5, 5.41) is 4.22. The lowest BCUT2D eigenvalue weighted by Crippen LogP contribution is -2.38. The Morgan fingerprint density at radius 1 is 1.39 bits per heavy atom. The molecule has 1 saturated heterocycles. The van der Waals surface area contributed by atoms with Crippen LogP contribution in [-0.2, 0) is 23.2 Å². The van der Waals surface area contributed by atoms with Gasteiger partial charge in [0, 0.05) is 25.4 Å². The van der Waals surface area contributed by atoms with Crippen molar-refractivity contribution in [1.29, 1.82) is 0 Å². The number of ether oxygens (including phenoxy) is 1. The first-order chi connectivity index (χ1) is 11.1. The van der Waals surface area contributed by atoms with Gasteiger partial charge in [-0.2, -0.15) is 5.10 Å². The first kappa shape index (κ1) is 15.7. The van der Waals surface area contributed by atoms with Gasteiger partial charge in [0.2, 0.25) is 0 Å². The third-order valence-electron chi connectivity index (χ3n) is 4.34. The monoisotopic (exact) mass is 313 g/mol. The number of carbonyl (C=O) groups excluding carboxylic acids is 1. The normalized spacial score (nSPS) is 19.0. The molecular weight excluding hydrogens is 290 g/mol. The Labute approximate surface area is 136 Å². The Hall–Kier alpha value is -2.14. The smallest absolute Gasteiger partial charge is 0.251 e. The van der Waals surface area contributed by atoms with E-state index in [4.69, 9.17) is 4.74 Å². The number of amides is 1. The standard InChI is InChI=1S/C18H23N3O2/c1-14(23-13-15-7-4-3-5-8-15)18(22)21-10-6-9-17(21)16-11-19-20(2)12-16/h3-5,7-8,11-12,14,17H,6,9-10,13H2,1-2H3/t14-,17-/m1/s1. The number of likely N-dealkylation sites (tertiary alicyclic amines) is 1. The number of benzene rings is 1. The van der Waals surface area contributed by atoms with Gasteiger partial charge in [-0.1, -0.05) is 30.3 Å². The van der Waals surface area contributed by atoms with Crippen molar-refractivity contribution >= 4 is 5.91 Å². The zero-order valence-electron chi connectivity index (χ0n) is 13.7. The molecule has 5 heteroatoms. The van der Waals surface area contributed by atoms with Crippen LogP contribution >= 0.6 is 0 Å². The van der Waals surface area contributed by atoms with Gasteiger partial charge in [0.25, 0.3) is 5.91 Å². The molecule has 5 nitrogen and oxygen atoms in total. The molecule has 2 heterocycles. The summed E-state index contributed by atoms with van der Waals surface area (Å²) in [6.07, 6.45) is 5.42. The van der Waals surface area contributed by atoms with Crippen LogP contribution in [0.15, 0.2) is 42.7 Å². The summed E-state index contributed by atoms with van der Waals surface area (Å²) >= 11 is 0. The molecule has 0 bridgehead atoms. The number of hydrogen-bond donors (Lipinski definition) is 0. The van der Waals surface area contributed by atoms with Crippen molar-refractivity contribution in [3.05, 3.63) is 53.9 Å². The van der Waals surface area contributed by atoms with E-state index in [1.54, 1.807) is 4.68 Å². The van der Waals surface area contributed by atoms with Crippen LogP contribution in [0.25, 0.3) is 0 Å². The van der Waals surface area contributed by atoms with Crippen molar-refractivity contribution in [3.8, 4) is 0 Å². The fraction of sp³-hybridized carbons (Fsp3) is 0.444. The average molecular weight is 313 g/mol. The Morgan fingerprint density at radius 2 is 2.17 bits per heavy atom. The average Bonchev–Trinajstić information content (AvgIpc) is 3.21. The van der Waals surface area contributed by atoms with Crippen LogP contribution in [0.4, 0.5) is 0 Å². The predicted octanol–water partition coefficient (Wildman–Crippen LogP) is 2.69. The van der Waals surface area contributed by atoms with E-state index in [0.29, 0.717) is 6.61 Å².